The van der Waals surface area contributed by atoms with Gasteiger partial charge in [-0.05, 0) is 18.8 Å². The fourth-order valence-electron chi connectivity index (χ4n) is 2.19. The van der Waals surface area contributed by atoms with Crippen LogP contribution in [0.2, 0.25) is 0 Å². The minimum atomic E-state index is -0.946. The van der Waals surface area contributed by atoms with E-state index in [1.54, 1.807) is 18.8 Å². The molecule has 0 amide bonds. The molecule has 0 spiro atoms. The molecule has 0 bridgehead atoms. The molecule has 1 aromatic heterocycles. The molecule has 1 heterocycles. The van der Waals surface area contributed by atoms with Crippen LogP contribution in [-0.2, 0) is 33.8 Å². The molecule has 0 aliphatic carbocycles. The van der Waals surface area contributed by atoms with Gasteiger partial charge in [-0.2, -0.15) is 0 Å². The molecule has 0 aliphatic rings. The van der Waals surface area contributed by atoms with Gasteiger partial charge in [0.25, 0.3) is 0 Å². The normalized spacial score (nSPS) is 10.6. The van der Waals surface area contributed by atoms with E-state index >= 15 is 0 Å². The predicted molar refractivity (Wildman–Crippen MR) is 137 cm³/mol. The summed E-state index contributed by atoms with van der Waals surface area (Å²) in [6.45, 7) is -1.75. The first-order chi connectivity index (χ1) is 15.8. The van der Waals surface area contributed by atoms with Gasteiger partial charge in [0.05, 0.1) is 19.6 Å². The molecule has 0 fully saturated rings. The van der Waals surface area contributed by atoms with Crippen LogP contribution in [0.5, 0.6) is 0 Å². The highest BCUT2D eigenvalue weighted by Gasteiger charge is 2.17. The van der Waals surface area contributed by atoms with E-state index in [2.05, 4.69) is 0 Å². The third kappa shape index (κ3) is 10.4. The highest BCUT2D eigenvalue weighted by atomic mass is 33.1. The lowest BCUT2D eigenvalue weighted by Crippen LogP contribution is -2.55. The fourth-order valence-corrected chi connectivity index (χ4v) is 4.65. The Morgan fingerprint density at radius 2 is 0.818 bits per heavy atom. The summed E-state index contributed by atoms with van der Waals surface area (Å²) in [7, 11) is 6.05. The zero-order chi connectivity index (χ0) is 24.8. The van der Waals surface area contributed by atoms with Crippen LogP contribution >= 0.6 is 64.8 Å². The van der Waals surface area contributed by atoms with Gasteiger partial charge in [-0.25, -0.2) is 42.5 Å². The Bertz CT molecular complexity index is 839. The van der Waals surface area contributed by atoms with Crippen molar-refractivity contribution in [2.75, 3.05) is 38.6 Å². The number of ether oxygens (including phenoxy) is 3. The van der Waals surface area contributed by atoms with Crippen molar-refractivity contribution < 1.29 is 28.6 Å². The van der Waals surface area contributed by atoms with Crippen LogP contribution in [0, 0.1) is 0 Å². The number of carbonyl (C=O) groups excluding carboxylic acids is 3. The van der Waals surface area contributed by atoms with Crippen molar-refractivity contribution in [3.63, 3.8) is 0 Å². The first-order valence-corrected chi connectivity index (χ1v) is 16.5. The second-order valence-electron chi connectivity index (χ2n) is 5.35. The van der Waals surface area contributed by atoms with E-state index < -0.39 is 33.0 Å². The molecule has 33 heavy (non-hydrogen) atoms. The van der Waals surface area contributed by atoms with Crippen LogP contribution in [0.15, 0.2) is 14.4 Å². The molecule has 0 saturated carbocycles. The van der Waals surface area contributed by atoms with Gasteiger partial charge in [0.15, 0.2) is 0 Å². The number of nitrogens with zero attached hydrogens (tertiary/aromatic N) is 3. The Balaban J connectivity index is 3.13. The average Bonchev–Trinajstić information content (AvgIpc) is 2.76. The summed E-state index contributed by atoms with van der Waals surface area (Å²) in [6, 6.07) is 0. The number of carbonyl (C=O) groups is 3. The highest BCUT2D eigenvalue weighted by molar-refractivity contribution is 8.82. The molecule has 0 aromatic carbocycles. The van der Waals surface area contributed by atoms with Gasteiger partial charge in [0, 0.05) is 32.4 Å². The maximum atomic E-state index is 12.8. The Labute approximate surface area is 211 Å². The molecular weight excluding hydrogens is 559 g/mol. The average molecular weight is 580 g/mol. The van der Waals surface area contributed by atoms with Gasteiger partial charge in [0.2, 0.25) is 0 Å². The quantitative estimate of drug-likeness (QED) is 0.203. The molecule has 0 saturated heterocycles. The first-order valence-electron chi connectivity index (χ1n) is 8.83. The van der Waals surface area contributed by atoms with E-state index in [4.69, 9.17) is 14.2 Å². The van der Waals surface area contributed by atoms with E-state index in [1.807, 2.05) is 0 Å². The van der Waals surface area contributed by atoms with Crippen molar-refractivity contribution in [3.8, 4) is 0 Å². The van der Waals surface area contributed by atoms with Crippen LogP contribution in [0.25, 0.3) is 0 Å². The molecule has 0 atom stereocenters. The van der Waals surface area contributed by atoms with Gasteiger partial charge in [0.1, 0.15) is 19.8 Å². The third-order valence-corrected chi connectivity index (χ3v) is 7.43. The standard InChI is InChI=1S/C15H21N3O9S6/c1-28-31-13(22)25-7-4-16-10(19)17(5-8-26-14(23)32-29-2)12(21)18(11(16)20)6-9-27-15(24)33-30-3/h4-9H2,1-3H3. The summed E-state index contributed by atoms with van der Waals surface area (Å²) in [5.74, 6) is 0. The molecule has 186 valence electrons. The van der Waals surface area contributed by atoms with Crippen molar-refractivity contribution in [2.45, 2.75) is 19.6 Å². The Morgan fingerprint density at radius 1 is 0.576 bits per heavy atom. The summed E-state index contributed by atoms with van der Waals surface area (Å²) in [5.41, 5.74) is -2.84. The summed E-state index contributed by atoms with van der Waals surface area (Å²) in [4.78, 5) is 72.8. The van der Waals surface area contributed by atoms with Gasteiger partial charge in [-0.3, -0.25) is 0 Å². The minimum Gasteiger partial charge on any atom is -0.455 e. The van der Waals surface area contributed by atoms with E-state index in [0.717, 1.165) is 46.1 Å². The predicted octanol–water partition coefficient (Wildman–Crippen LogP) is 2.62. The zero-order valence-electron chi connectivity index (χ0n) is 17.7. The number of rotatable bonds is 12. The number of hydrogen-bond acceptors (Lipinski definition) is 15. The summed E-state index contributed by atoms with van der Waals surface area (Å²) in [6.07, 6.45) is 5.04. The van der Waals surface area contributed by atoms with Gasteiger partial charge in [-0.1, -0.05) is 32.4 Å². The lowest BCUT2D eigenvalue weighted by atomic mass is 10.6. The lowest BCUT2D eigenvalue weighted by molar-refractivity contribution is 0.162. The van der Waals surface area contributed by atoms with Crippen molar-refractivity contribution in [1.29, 1.82) is 0 Å². The molecule has 1 rings (SSSR count). The summed E-state index contributed by atoms with van der Waals surface area (Å²) >= 11 is 0. The zero-order valence-corrected chi connectivity index (χ0v) is 22.6. The van der Waals surface area contributed by atoms with Crippen molar-refractivity contribution in [3.05, 3.63) is 31.5 Å². The third-order valence-electron chi connectivity index (χ3n) is 3.44. The lowest BCUT2D eigenvalue weighted by Gasteiger charge is -2.14. The van der Waals surface area contributed by atoms with Gasteiger partial charge >= 0.3 is 33.0 Å². The Morgan fingerprint density at radius 3 is 1.03 bits per heavy atom. The molecule has 0 unspecified atom stereocenters. The Hall–Kier alpha value is -1.08. The second-order valence-corrected chi connectivity index (χ2v) is 12.3. The van der Waals surface area contributed by atoms with Gasteiger partial charge < -0.3 is 14.2 Å². The molecule has 18 heteroatoms. The molecule has 0 aliphatic heterocycles. The topological polar surface area (TPSA) is 145 Å². The summed E-state index contributed by atoms with van der Waals surface area (Å²) < 4.78 is 17.0. The van der Waals surface area contributed by atoms with Gasteiger partial charge in [-0.15, -0.1) is 0 Å². The molecule has 0 radical (unpaired) electrons. The largest absolute Gasteiger partial charge is 0.455 e. The number of hydrogen-bond donors (Lipinski definition) is 0. The maximum Gasteiger partial charge on any atom is 0.378 e. The van der Waals surface area contributed by atoms with Crippen molar-refractivity contribution in [2.24, 2.45) is 0 Å². The van der Waals surface area contributed by atoms with E-state index in [0.29, 0.717) is 0 Å². The van der Waals surface area contributed by atoms with E-state index in [-0.39, 0.29) is 39.5 Å². The van der Waals surface area contributed by atoms with Crippen molar-refractivity contribution in [1.82, 2.24) is 13.7 Å². The van der Waals surface area contributed by atoms with Crippen LogP contribution in [0.4, 0.5) is 14.4 Å². The van der Waals surface area contributed by atoms with E-state index in [9.17, 15) is 28.8 Å². The smallest absolute Gasteiger partial charge is 0.378 e. The number of aromatic nitrogens is 3. The fraction of sp³-hybridized carbons (Fsp3) is 0.600. The SMILES string of the molecule is CSSC(=O)OCCn1c(=O)n(CCOC(=O)SSC)c(=O)n(CCOC(=O)SSC)c1=O. The van der Waals surface area contributed by atoms with Crippen LogP contribution in [-0.4, -0.2) is 68.2 Å². The molecular formula is C15H21N3O9S6. The second kappa shape index (κ2) is 16.5. The molecule has 1 aromatic rings. The molecule has 12 nitrogen and oxygen atoms in total. The minimum absolute atomic E-state index is 0.279. The maximum absolute atomic E-state index is 12.8. The monoisotopic (exact) mass is 579 g/mol. The van der Waals surface area contributed by atoms with Crippen LogP contribution in [0.3, 0.4) is 0 Å². The van der Waals surface area contributed by atoms with E-state index in [1.165, 1.54) is 32.4 Å². The van der Waals surface area contributed by atoms with Crippen LogP contribution in [0.1, 0.15) is 0 Å². The summed E-state index contributed by atoms with van der Waals surface area (Å²) in [5, 5.41) is -1.79. The van der Waals surface area contributed by atoms with Crippen LogP contribution < -0.4 is 17.1 Å². The highest BCUT2D eigenvalue weighted by Crippen LogP contribution is 2.20. The molecule has 0 N–H and O–H groups in total. The van der Waals surface area contributed by atoms with Crippen molar-refractivity contribution >= 4 is 80.7 Å². The first kappa shape index (κ1) is 30.0. The Kier molecular flexibility index (Phi) is 15.0.